The third-order valence-corrected chi connectivity index (χ3v) is 3.96. The van der Waals surface area contributed by atoms with Gasteiger partial charge in [0.15, 0.2) is 18.7 Å². The number of methoxy groups -OCH3 is 1. The molecular formula is C15H19NO6S. The van der Waals surface area contributed by atoms with Crippen molar-refractivity contribution >= 4 is 17.4 Å². The fourth-order valence-corrected chi connectivity index (χ4v) is 2.91. The van der Waals surface area contributed by atoms with Crippen molar-refractivity contribution in [2.24, 2.45) is 5.73 Å². The molecule has 2 saturated heterocycles. The Balaban J connectivity index is 1.76. The minimum atomic E-state index is -1.02. The first-order valence-electron chi connectivity index (χ1n) is 7.24. The van der Waals surface area contributed by atoms with Crippen molar-refractivity contribution < 1.29 is 28.8 Å². The highest BCUT2D eigenvalue weighted by molar-refractivity contribution is 7.80. The van der Waals surface area contributed by atoms with Crippen LogP contribution in [0.3, 0.4) is 0 Å². The molecular weight excluding hydrogens is 322 g/mol. The lowest BCUT2D eigenvalue weighted by molar-refractivity contribution is -0.356. The van der Waals surface area contributed by atoms with Crippen molar-refractivity contribution in [3.63, 3.8) is 0 Å². The van der Waals surface area contributed by atoms with Gasteiger partial charge in [-0.1, -0.05) is 30.3 Å². The number of aliphatic hydroxyl groups is 1. The van der Waals surface area contributed by atoms with Crippen LogP contribution in [0.15, 0.2) is 30.3 Å². The van der Waals surface area contributed by atoms with Gasteiger partial charge in [-0.2, -0.15) is 0 Å². The Morgan fingerprint density at radius 2 is 2.04 bits per heavy atom. The maximum absolute atomic E-state index is 10.6. The van der Waals surface area contributed by atoms with Gasteiger partial charge in [-0.3, -0.25) is 0 Å². The summed E-state index contributed by atoms with van der Waals surface area (Å²) in [6, 6.07) is 9.47. The van der Waals surface area contributed by atoms with Crippen LogP contribution in [-0.2, 0) is 23.7 Å². The Bertz CT molecular complexity index is 544. The van der Waals surface area contributed by atoms with Crippen LogP contribution < -0.4 is 5.73 Å². The largest absolute Gasteiger partial charge is 0.460 e. The van der Waals surface area contributed by atoms with Gasteiger partial charge in [-0.15, -0.1) is 0 Å². The topological polar surface area (TPSA) is 92.4 Å². The molecule has 0 spiro atoms. The number of fused-ring (bicyclic) bond motifs is 1. The molecule has 0 aliphatic carbocycles. The number of hydrogen-bond donors (Lipinski definition) is 2. The number of ether oxygens (including phenoxy) is 5. The summed E-state index contributed by atoms with van der Waals surface area (Å²) in [5.41, 5.74) is 6.27. The number of hydrogen-bond acceptors (Lipinski definition) is 7. The van der Waals surface area contributed by atoms with Gasteiger partial charge in [-0.25, -0.2) is 0 Å². The number of rotatable bonds is 3. The predicted molar refractivity (Wildman–Crippen MR) is 83.3 cm³/mol. The summed E-state index contributed by atoms with van der Waals surface area (Å²) in [7, 11) is 1.45. The Labute approximate surface area is 139 Å². The van der Waals surface area contributed by atoms with Crippen LogP contribution in [0.4, 0.5) is 0 Å². The molecule has 7 nitrogen and oxygen atoms in total. The minimum absolute atomic E-state index is 0.190. The zero-order valence-electron chi connectivity index (χ0n) is 12.5. The number of thiocarbonyl (C=S) groups is 1. The van der Waals surface area contributed by atoms with Crippen LogP contribution in [-0.4, -0.2) is 54.7 Å². The Morgan fingerprint density at radius 3 is 2.70 bits per heavy atom. The van der Waals surface area contributed by atoms with Crippen LogP contribution in [0.25, 0.3) is 0 Å². The Morgan fingerprint density at radius 1 is 1.30 bits per heavy atom. The first-order valence-corrected chi connectivity index (χ1v) is 7.65. The lowest BCUT2D eigenvalue weighted by Gasteiger charge is -2.46. The molecule has 0 saturated carbocycles. The molecule has 1 unspecified atom stereocenters. The van der Waals surface area contributed by atoms with Gasteiger partial charge in [0.1, 0.15) is 18.3 Å². The third kappa shape index (κ3) is 3.47. The molecule has 0 amide bonds. The average molecular weight is 341 g/mol. The van der Waals surface area contributed by atoms with E-state index in [1.807, 2.05) is 30.3 Å². The second kappa shape index (κ2) is 7.08. The zero-order valence-corrected chi connectivity index (χ0v) is 13.3. The van der Waals surface area contributed by atoms with E-state index in [4.69, 9.17) is 41.6 Å². The van der Waals surface area contributed by atoms with Gasteiger partial charge >= 0.3 is 0 Å². The van der Waals surface area contributed by atoms with Gasteiger partial charge in [0.05, 0.1) is 6.61 Å². The summed E-state index contributed by atoms with van der Waals surface area (Å²) in [6.07, 6.45) is -4.39. The molecule has 2 fully saturated rings. The van der Waals surface area contributed by atoms with Gasteiger partial charge in [-0.05, 0) is 12.2 Å². The number of aliphatic hydroxyl groups excluding tert-OH is 1. The molecule has 6 atom stereocenters. The summed E-state index contributed by atoms with van der Waals surface area (Å²) in [5, 5.41) is 10.4. The van der Waals surface area contributed by atoms with Crippen molar-refractivity contribution in [3.05, 3.63) is 35.9 Å². The van der Waals surface area contributed by atoms with E-state index in [9.17, 15) is 5.11 Å². The van der Waals surface area contributed by atoms with Crippen LogP contribution in [0.5, 0.6) is 0 Å². The standard InChI is InChI=1S/C15H19NO6S/c1-18-14-12(22-15(16)23)10(17)11-9(20-14)7-19-13(21-11)8-5-3-2-4-6-8/h2-6,9-14,17H,7H2,1H3,(H2,16,23)/t9-,10+,11-,12-,13?,14+/m1/s1. The maximum atomic E-state index is 10.6. The normalized spacial score (nSPS) is 37.0. The van der Waals surface area contributed by atoms with E-state index in [-0.39, 0.29) is 11.8 Å². The van der Waals surface area contributed by atoms with Crippen molar-refractivity contribution in [3.8, 4) is 0 Å². The predicted octanol–water partition coefficient (Wildman–Crippen LogP) is 0.462. The second-order valence-electron chi connectivity index (χ2n) is 5.35. The third-order valence-electron chi connectivity index (χ3n) is 3.87. The summed E-state index contributed by atoms with van der Waals surface area (Å²) >= 11 is 4.74. The van der Waals surface area contributed by atoms with Crippen LogP contribution in [0.1, 0.15) is 11.9 Å². The summed E-state index contributed by atoms with van der Waals surface area (Å²) < 4.78 is 27.8. The van der Waals surface area contributed by atoms with Crippen LogP contribution in [0.2, 0.25) is 0 Å². The van der Waals surface area contributed by atoms with Crippen LogP contribution >= 0.6 is 12.2 Å². The van der Waals surface area contributed by atoms with Gasteiger partial charge in [0, 0.05) is 12.7 Å². The van der Waals surface area contributed by atoms with Gasteiger partial charge in [0.2, 0.25) is 0 Å². The molecule has 3 N–H and O–H groups in total. The minimum Gasteiger partial charge on any atom is -0.460 e. The fraction of sp³-hybridized carbons (Fsp3) is 0.533. The summed E-state index contributed by atoms with van der Waals surface area (Å²) in [5.74, 6) is 0. The molecule has 1 aromatic carbocycles. The highest BCUT2D eigenvalue weighted by atomic mass is 32.1. The van der Waals surface area contributed by atoms with Crippen molar-refractivity contribution in [2.75, 3.05) is 13.7 Å². The molecule has 2 heterocycles. The maximum Gasteiger partial charge on any atom is 0.254 e. The van der Waals surface area contributed by atoms with E-state index in [1.165, 1.54) is 7.11 Å². The molecule has 1 aromatic rings. The summed E-state index contributed by atoms with van der Waals surface area (Å²) in [6.45, 7) is 0.265. The quantitative estimate of drug-likeness (QED) is 0.766. The smallest absolute Gasteiger partial charge is 0.254 e. The average Bonchev–Trinajstić information content (AvgIpc) is 2.57. The fourth-order valence-electron chi connectivity index (χ4n) is 2.80. The van der Waals surface area contributed by atoms with Crippen LogP contribution in [0, 0.1) is 0 Å². The Kier molecular flexibility index (Phi) is 5.10. The number of benzene rings is 1. The lowest BCUT2D eigenvalue weighted by Crippen LogP contribution is -2.63. The molecule has 2 aliphatic heterocycles. The monoisotopic (exact) mass is 341 g/mol. The van der Waals surface area contributed by atoms with Crippen molar-refractivity contribution in [2.45, 2.75) is 37.0 Å². The SMILES string of the molecule is CO[C@H]1O[C@@H]2COC(c3ccccc3)O[C@H]2[C@H](O)[C@H]1OC(N)=S. The van der Waals surface area contributed by atoms with E-state index in [1.54, 1.807) is 0 Å². The highest BCUT2D eigenvalue weighted by Crippen LogP contribution is 2.35. The van der Waals surface area contributed by atoms with E-state index in [0.717, 1.165) is 5.56 Å². The number of nitrogens with two attached hydrogens (primary N) is 1. The van der Waals surface area contributed by atoms with Crippen molar-refractivity contribution in [1.82, 2.24) is 0 Å². The second-order valence-corrected chi connectivity index (χ2v) is 5.75. The lowest BCUT2D eigenvalue weighted by atomic mass is 9.97. The molecule has 2 aliphatic rings. The van der Waals surface area contributed by atoms with Crippen molar-refractivity contribution in [1.29, 1.82) is 0 Å². The van der Waals surface area contributed by atoms with E-state index >= 15 is 0 Å². The zero-order chi connectivity index (χ0) is 16.4. The molecule has 8 heteroatoms. The van der Waals surface area contributed by atoms with E-state index < -0.39 is 37.0 Å². The molecule has 126 valence electrons. The van der Waals surface area contributed by atoms with E-state index in [2.05, 4.69) is 0 Å². The van der Waals surface area contributed by atoms with Gasteiger partial charge in [0.25, 0.3) is 5.17 Å². The van der Waals surface area contributed by atoms with E-state index in [0.29, 0.717) is 0 Å². The molecule has 3 rings (SSSR count). The molecule has 0 bridgehead atoms. The molecule has 0 radical (unpaired) electrons. The van der Waals surface area contributed by atoms with Gasteiger partial charge < -0.3 is 34.5 Å². The summed E-state index contributed by atoms with van der Waals surface area (Å²) in [4.78, 5) is 0. The highest BCUT2D eigenvalue weighted by Gasteiger charge is 2.51. The first kappa shape index (κ1) is 16.6. The first-order chi connectivity index (χ1) is 11.1. The molecule has 0 aromatic heterocycles. The molecule has 23 heavy (non-hydrogen) atoms. The Hall–Kier alpha value is -1.29.